The zero-order chi connectivity index (χ0) is 14.2. The van der Waals surface area contributed by atoms with Crippen LogP contribution in [0.25, 0.3) is 0 Å². The topological polar surface area (TPSA) is 44.5 Å². The maximum Gasteiger partial charge on any atom is 0.133 e. The van der Waals surface area contributed by atoms with Crippen molar-refractivity contribution in [3.63, 3.8) is 0 Å². The summed E-state index contributed by atoms with van der Waals surface area (Å²) in [5.74, 6) is 1.72. The lowest BCUT2D eigenvalue weighted by Gasteiger charge is -2.10. The number of halogens is 1. The van der Waals surface area contributed by atoms with Gasteiger partial charge in [0.25, 0.3) is 0 Å². The van der Waals surface area contributed by atoms with E-state index in [0.717, 1.165) is 28.0 Å². The molecule has 0 saturated carbocycles. The molecule has 0 amide bonds. The molecule has 2 N–H and O–H groups in total. The predicted octanol–water partition coefficient (Wildman–Crippen LogP) is 3.76. The van der Waals surface area contributed by atoms with Gasteiger partial charge in [-0.15, -0.1) is 0 Å². The van der Waals surface area contributed by atoms with E-state index in [1.54, 1.807) is 0 Å². The fourth-order valence-electron chi connectivity index (χ4n) is 1.74. The number of hydrogen-bond donors (Lipinski definition) is 1. The maximum atomic E-state index is 5.71. The molecule has 3 nitrogen and oxygen atoms in total. The highest BCUT2D eigenvalue weighted by Crippen LogP contribution is 2.26. The largest absolute Gasteiger partial charge is 0.493 e. The summed E-state index contributed by atoms with van der Waals surface area (Å²) in [4.78, 5) is 0. The van der Waals surface area contributed by atoms with Gasteiger partial charge in [0.2, 0.25) is 0 Å². The summed E-state index contributed by atoms with van der Waals surface area (Å²) in [7, 11) is 0. The highest BCUT2D eigenvalue weighted by atomic mass is 79.9. The van der Waals surface area contributed by atoms with Crippen LogP contribution < -0.4 is 15.2 Å². The molecule has 0 radical (unpaired) electrons. The Balaban J connectivity index is 1.71. The number of nitrogens with two attached hydrogens (primary N) is 1. The first kappa shape index (κ1) is 14.9. The normalized spacial score (nSPS) is 10.3. The van der Waals surface area contributed by atoms with Gasteiger partial charge in [0, 0.05) is 13.0 Å². The molecule has 0 unspecified atom stereocenters. The lowest BCUT2D eigenvalue weighted by molar-refractivity contribution is 0.246. The second-order valence-electron chi connectivity index (χ2n) is 4.33. The number of benzene rings is 2. The monoisotopic (exact) mass is 335 g/mol. The zero-order valence-corrected chi connectivity index (χ0v) is 12.8. The van der Waals surface area contributed by atoms with Gasteiger partial charge in [-0.2, -0.15) is 0 Å². The van der Waals surface area contributed by atoms with E-state index in [4.69, 9.17) is 15.2 Å². The van der Waals surface area contributed by atoms with E-state index in [1.807, 2.05) is 48.5 Å². The van der Waals surface area contributed by atoms with Crippen LogP contribution in [0.3, 0.4) is 0 Å². The average molecular weight is 336 g/mol. The number of rotatable bonds is 7. The van der Waals surface area contributed by atoms with E-state index in [2.05, 4.69) is 15.9 Å². The fourth-order valence-corrected chi connectivity index (χ4v) is 2.28. The van der Waals surface area contributed by atoms with Gasteiger partial charge in [0.1, 0.15) is 11.5 Å². The van der Waals surface area contributed by atoms with Crippen LogP contribution in [-0.2, 0) is 6.54 Å². The van der Waals surface area contributed by atoms with Crippen molar-refractivity contribution in [2.24, 2.45) is 5.73 Å². The summed E-state index contributed by atoms with van der Waals surface area (Å²) >= 11 is 3.48. The van der Waals surface area contributed by atoms with Crippen LogP contribution in [0.15, 0.2) is 53.0 Å². The van der Waals surface area contributed by atoms with Gasteiger partial charge >= 0.3 is 0 Å². The van der Waals surface area contributed by atoms with Crippen LogP contribution in [-0.4, -0.2) is 13.2 Å². The van der Waals surface area contributed by atoms with Gasteiger partial charge in [-0.25, -0.2) is 0 Å². The Bertz CT molecular complexity index is 531. The quantitative estimate of drug-likeness (QED) is 0.783. The van der Waals surface area contributed by atoms with Crippen LogP contribution in [0.5, 0.6) is 11.5 Å². The molecule has 106 valence electrons. The minimum Gasteiger partial charge on any atom is -0.493 e. The number of hydrogen-bond acceptors (Lipinski definition) is 3. The molecule has 2 aromatic rings. The first-order valence-electron chi connectivity index (χ1n) is 6.59. The molecule has 0 spiro atoms. The van der Waals surface area contributed by atoms with Crippen LogP contribution in [0.1, 0.15) is 12.0 Å². The van der Waals surface area contributed by atoms with Gasteiger partial charge in [0.15, 0.2) is 0 Å². The molecule has 20 heavy (non-hydrogen) atoms. The van der Waals surface area contributed by atoms with Crippen molar-refractivity contribution in [3.8, 4) is 11.5 Å². The molecule has 4 heteroatoms. The minimum absolute atomic E-state index is 0.532. The van der Waals surface area contributed by atoms with Crippen LogP contribution in [0.2, 0.25) is 0 Å². The lowest BCUT2D eigenvalue weighted by Crippen LogP contribution is -2.05. The van der Waals surface area contributed by atoms with Gasteiger partial charge in [0.05, 0.1) is 17.7 Å². The van der Waals surface area contributed by atoms with E-state index in [0.29, 0.717) is 19.8 Å². The number of ether oxygens (including phenoxy) is 2. The summed E-state index contributed by atoms with van der Waals surface area (Å²) < 4.78 is 12.2. The van der Waals surface area contributed by atoms with E-state index < -0.39 is 0 Å². The van der Waals surface area contributed by atoms with Crippen molar-refractivity contribution >= 4 is 15.9 Å². The van der Waals surface area contributed by atoms with Crippen molar-refractivity contribution in [2.45, 2.75) is 13.0 Å². The third-order valence-corrected chi connectivity index (χ3v) is 3.41. The van der Waals surface area contributed by atoms with Crippen molar-refractivity contribution in [2.75, 3.05) is 13.2 Å². The second-order valence-corrected chi connectivity index (χ2v) is 5.19. The van der Waals surface area contributed by atoms with Crippen molar-refractivity contribution in [3.05, 3.63) is 58.6 Å². The summed E-state index contributed by atoms with van der Waals surface area (Å²) in [6, 6.07) is 15.7. The standard InChI is InChI=1S/C16H18BrNO2/c17-15-11-13(12-18)7-8-16(15)20-10-4-9-19-14-5-2-1-3-6-14/h1-3,5-8,11H,4,9-10,12,18H2. The predicted molar refractivity (Wildman–Crippen MR) is 84.1 cm³/mol. The van der Waals surface area contributed by atoms with E-state index in [-0.39, 0.29) is 0 Å². The molecule has 2 rings (SSSR count). The Morgan fingerprint density at radius 2 is 1.70 bits per heavy atom. The molecule has 0 aromatic heterocycles. The number of para-hydroxylation sites is 1. The van der Waals surface area contributed by atoms with Crippen molar-refractivity contribution < 1.29 is 9.47 Å². The molecular formula is C16H18BrNO2. The fraction of sp³-hybridized carbons (Fsp3) is 0.250. The van der Waals surface area contributed by atoms with E-state index in [1.165, 1.54) is 0 Å². The van der Waals surface area contributed by atoms with E-state index >= 15 is 0 Å². The zero-order valence-electron chi connectivity index (χ0n) is 11.2. The molecule has 0 aliphatic rings. The second kappa shape index (κ2) is 7.92. The highest BCUT2D eigenvalue weighted by Gasteiger charge is 2.02. The molecule has 0 fully saturated rings. The molecular weight excluding hydrogens is 318 g/mol. The van der Waals surface area contributed by atoms with Crippen molar-refractivity contribution in [1.29, 1.82) is 0 Å². The molecule has 0 aliphatic carbocycles. The Labute approximate surface area is 127 Å². The maximum absolute atomic E-state index is 5.71. The molecule has 0 saturated heterocycles. The summed E-state index contributed by atoms with van der Waals surface area (Å²) in [6.07, 6.45) is 0.833. The summed E-state index contributed by atoms with van der Waals surface area (Å²) in [6.45, 7) is 1.79. The van der Waals surface area contributed by atoms with Crippen molar-refractivity contribution in [1.82, 2.24) is 0 Å². The molecule has 0 aliphatic heterocycles. The van der Waals surface area contributed by atoms with Gasteiger partial charge < -0.3 is 15.2 Å². The molecule has 0 atom stereocenters. The van der Waals surface area contributed by atoms with Crippen LogP contribution in [0.4, 0.5) is 0 Å². The lowest BCUT2D eigenvalue weighted by atomic mass is 10.2. The van der Waals surface area contributed by atoms with Gasteiger partial charge in [-0.1, -0.05) is 24.3 Å². The minimum atomic E-state index is 0.532. The van der Waals surface area contributed by atoms with Crippen LogP contribution >= 0.6 is 15.9 Å². The molecule has 2 aromatic carbocycles. The Morgan fingerprint density at radius 1 is 0.950 bits per heavy atom. The Morgan fingerprint density at radius 3 is 2.40 bits per heavy atom. The van der Waals surface area contributed by atoms with Crippen LogP contribution in [0, 0.1) is 0 Å². The molecule has 0 heterocycles. The smallest absolute Gasteiger partial charge is 0.133 e. The van der Waals surface area contributed by atoms with Gasteiger partial charge in [-0.05, 0) is 45.8 Å². The third-order valence-electron chi connectivity index (χ3n) is 2.79. The first-order chi connectivity index (χ1) is 9.79. The van der Waals surface area contributed by atoms with Gasteiger partial charge in [-0.3, -0.25) is 0 Å². The summed E-state index contributed by atoms with van der Waals surface area (Å²) in [5.41, 5.74) is 6.67. The SMILES string of the molecule is NCc1ccc(OCCCOc2ccccc2)c(Br)c1. The average Bonchev–Trinajstić information content (AvgIpc) is 2.49. The summed E-state index contributed by atoms with van der Waals surface area (Å²) in [5, 5.41) is 0. The van der Waals surface area contributed by atoms with E-state index in [9.17, 15) is 0 Å². The Hall–Kier alpha value is -1.52. The Kier molecular flexibility index (Phi) is 5.89. The third kappa shape index (κ3) is 4.54. The first-order valence-corrected chi connectivity index (χ1v) is 7.38. The molecule has 0 bridgehead atoms. The highest BCUT2D eigenvalue weighted by molar-refractivity contribution is 9.10.